The van der Waals surface area contributed by atoms with Crippen LogP contribution in [0.3, 0.4) is 0 Å². The van der Waals surface area contributed by atoms with E-state index in [0.717, 1.165) is 16.7 Å². The maximum absolute atomic E-state index is 13.7. The Labute approximate surface area is 201 Å². The number of carbonyl (C=O) groups is 2. The smallest absolute Gasteiger partial charge is 0.331 e. The third-order valence-electron chi connectivity index (χ3n) is 7.98. The van der Waals surface area contributed by atoms with Gasteiger partial charge in [-0.15, -0.1) is 0 Å². The third kappa shape index (κ3) is 4.14. The number of benzene rings is 1. The number of esters is 1. The minimum atomic E-state index is -1.55. The van der Waals surface area contributed by atoms with Gasteiger partial charge in [0.1, 0.15) is 0 Å². The van der Waals surface area contributed by atoms with E-state index < -0.39 is 35.6 Å². The van der Waals surface area contributed by atoms with Crippen LogP contribution in [0.1, 0.15) is 39.7 Å². The lowest BCUT2D eigenvalue weighted by atomic mass is 9.63. The Morgan fingerprint density at radius 1 is 1.06 bits per heavy atom. The Kier molecular flexibility index (Phi) is 6.83. The van der Waals surface area contributed by atoms with Crippen molar-refractivity contribution in [3.05, 3.63) is 71.3 Å². The van der Waals surface area contributed by atoms with Gasteiger partial charge in [0, 0.05) is 18.0 Å². The predicted octanol–water partition coefficient (Wildman–Crippen LogP) is 3.10. The number of aliphatic hydroxyl groups excluding tert-OH is 2. The molecule has 1 spiro atoms. The lowest BCUT2D eigenvalue weighted by molar-refractivity contribution is -0.175. The molecule has 2 heterocycles. The molecule has 3 aliphatic rings. The number of carbonyl (C=O) groups excluding carboxylic acids is 2. The van der Waals surface area contributed by atoms with Crippen LogP contribution in [0.25, 0.3) is 0 Å². The summed E-state index contributed by atoms with van der Waals surface area (Å²) >= 11 is 0. The summed E-state index contributed by atoms with van der Waals surface area (Å²) in [5, 5.41) is 25.0. The topological polar surface area (TPSA) is 95.9 Å². The van der Waals surface area contributed by atoms with E-state index in [-0.39, 0.29) is 23.8 Å². The Morgan fingerprint density at radius 2 is 1.76 bits per heavy atom. The summed E-state index contributed by atoms with van der Waals surface area (Å²) in [7, 11) is 0. The van der Waals surface area contributed by atoms with Crippen molar-refractivity contribution in [1.82, 2.24) is 5.32 Å². The average molecular weight is 466 g/mol. The van der Waals surface area contributed by atoms with Gasteiger partial charge in [-0.3, -0.25) is 4.79 Å². The highest BCUT2D eigenvalue weighted by atomic mass is 16.6. The molecule has 1 aromatic carbocycles. The number of ether oxygens (including phenoxy) is 1. The second kappa shape index (κ2) is 9.51. The van der Waals surface area contributed by atoms with Crippen molar-refractivity contribution in [2.24, 2.45) is 23.7 Å². The Bertz CT molecular complexity index is 1030. The van der Waals surface area contributed by atoms with Crippen LogP contribution in [0.15, 0.2) is 65.8 Å². The number of nitrogens with one attached hydrogen (secondary N) is 1. The van der Waals surface area contributed by atoms with Crippen molar-refractivity contribution in [2.45, 2.75) is 64.4 Å². The van der Waals surface area contributed by atoms with Crippen molar-refractivity contribution < 1.29 is 24.5 Å². The van der Waals surface area contributed by atoms with Crippen LogP contribution in [0.5, 0.6) is 0 Å². The zero-order valence-corrected chi connectivity index (χ0v) is 20.3. The van der Waals surface area contributed by atoms with Crippen molar-refractivity contribution in [1.29, 1.82) is 0 Å². The fourth-order valence-corrected chi connectivity index (χ4v) is 5.87. The summed E-state index contributed by atoms with van der Waals surface area (Å²) in [4.78, 5) is 26.7. The molecule has 0 saturated carbocycles. The molecule has 0 radical (unpaired) electrons. The quantitative estimate of drug-likeness (QED) is 0.461. The highest BCUT2D eigenvalue weighted by molar-refractivity contribution is 5.94. The summed E-state index contributed by atoms with van der Waals surface area (Å²) in [5.74, 6) is -2.48. The number of amides is 1. The summed E-state index contributed by atoms with van der Waals surface area (Å²) in [6.45, 7) is 7.60. The average Bonchev–Trinajstić information content (AvgIpc) is 3.08. The first kappa shape index (κ1) is 24.4. The maximum Gasteiger partial charge on any atom is 0.331 e. The van der Waals surface area contributed by atoms with Crippen LogP contribution in [-0.4, -0.2) is 45.9 Å². The van der Waals surface area contributed by atoms with Gasteiger partial charge in [-0.1, -0.05) is 68.0 Å². The van der Waals surface area contributed by atoms with Crippen molar-refractivity contribution in [3.63, 3.8) is 0 Å². The van der Waals surface area contributed by atoms with E-state index in [1.807, 2.05) is 70.2 Å². The third-order valence-corrected chi connectivity index (χ3v) is 7.98. The van der Waals surface area contributed by atoms with E-state index in [2.05, 4.69) is 5.32 Å². The molecule has 182 valence electrons. The molecule has 0 aromatic heterocycles. The molecule has 3 N–H and O–H groups in total. The molecule has 2 aliphatic heterocycles. The van der Waals surface area contributed by atoms with E-state index in [1.165, 1.54) is 6.08 Å². The fourth-order valence-electron chi connectivity index (χ4n) is 5.87. The van der Waals surface area contributed by atoms with Crippen LogP contribution in [0.2, 0.25) is 0 Å². The first-order valence-corrected chi connectivity index (χ1v) is 12.1. The molecular formula is C28H35NO5. The lowest BCUT2D eigenvalue weighted by Crippen LogP contribution is -2.59. The lowest BCUT2D eigenvalue weighted by Gasteiger charge is -2.46. The molecule has 1 amide bonds. The Hall–Kier alpha value is -2.70. The van der Waals surface area contributed by atoms with Crippen LogP contribution >= 0.6 is 0 Å². The van der Waals surface area contributed by atoms with E-state index in [9.17, 15) is 19.8 Å². The first-order valence-electron chi connectivity index (χ1n) is 12.1. The van der Waals surface area contributed by atoms with Gasteiger partial charge in [-0.25, -0.2) is 4.79 Å². The molecule has 0 bridgehead atoms. The molecule has 6 nitrogen and oxygen atoms in total. The van der Waals surface area contributed by atoms with E-state index in [1.54, 1.807) is 6.08 Å². The van der Waals surface area contributed by atoms with Crippen molar-refractivity contribution in [2.75, 3.05) is 0 Å². The van der Waals surface area contributed by atoms with Gasteiger partial charge < -0.3 is 20.3 Å². The van der Waals surface area contributed by atoms with Gasteiger partial charge in [-0.2, -0.15) is 0 Å². The molecule has 8 atom stereocenters. The fraction of sp³-hybridized carbons (Fsp3) is 0.500. The van der Waals surface area contributed by atoms with E-state index in [4.69, 9.17) is 4.74 Å². The highest BCUT2D eigenvalue weighted by Gasteiger charge is 2.66. The minimum Gasteiger partial charge on any atom is -0.444 e. The zero-order chi connectivity index (χ0) is 24.6. The molecule has 6 heteroatoms. The molecule has 4 rings (SSSR count). The van der Waals surface area contributed by atoms with Gasteiger partial charge in [0.15, 0.2) is 0 Å². The molecule has 1 aromatic rings. The van der Waals surface area contributed by atoms with Crippen LogP contribution in [0, 0.1) is 23.7 Å². The summed E-state index contributed by atoms with van der Waals surface area (Å²) in [6.07, 6.45) is 6.23. The van der Waals surface area contributed by atoms with E-state index in [0.29, 0.717) is 12.8 Å². The second-order valence-electron chi connectivity index (χ2n) is 10.1. The normalized spacial score (nSPS) is 40.2. The predicted molar refractivity (Wildman–Crippen MR) is 129 cm³/mol. The van der Waals surface area contributed by atoms with Crippen LogP contribution in [-0.2, 0) is 20.7 Å². The number of aliphatic hydroxyl groups is 2. The SMILES string of the molecule is CC1=C(C)[C@H]2[C@H](Cc3ccccc3)NC(=O)[C@]23OC(=O)/C=C\[C@H](C)[C@H](O)[C@@H](C)C/C=C\[C@H]3[C@@H]1O. The molecular weight excluding hydrogens is 430 g/mol. The first-order chi connectivity index (χ1) is 16.2. The monoisotopic (exact) mass is 465 g/mol. The molecule has 0 unspecified atom stereocenters. The standard InChI is InChI=1S/C28H35NO5/c1-16-9-8-12-21-26(32)19(4)18(3)24-22(15-20-10-6-5-7-11-20)29-27(33)28(21,24)34-23(30)14-13-17(2)25(16)31/h5-8,10-14,16-17,21-22,24-26,31-32H,9,15H2,1-4H3,(H,29,33)/b12-8-,14-13-/t16-,17-,21-,22-,24-,25+,26+,28+/m0/s1. The Morgan fingerprint density at radius 3 is 2.47 bits per heavy atom. The zero-order valence-electron chi connectivity index (χ0n) is 20.3. The maximum atomic E-state index is 13.7. The molecule has 1 aliphatic carbocycles. The Balaban J connectivity index is 1.82. The van der Waals surface area contributed by atoms with Crippen molar-refractivity contribution in [3.8, 4) is 0 Å². The van der Waals surface area contributed by atoms with Gasteiger partial charge in [0.05, 0.1) is 24.0 Å². The van der Waals surface area contributed by atoms with Gasteiger partial charge >= 0.3 is 5.97 Å². The van der Waals surface area contributed by atoms with E-state index >= 15 is 0 Å². The van der Waals surface area contributed by atoms with Crippen molar-refractivity contribution >= 4 is 11.9 Å². The molecule has 34 heavy (non-hydrogen) atoms. The number of rotatable bonds is 2. The number of hydrogen-bond acceptors (Lipinski definition) is 5. The van der Waals surface area contributed by atoms with Gasteiger partial charge in [-0.05, 0) is 43.7 Å². The molecule has 1 fully saturated rings. The van der Waals surface area contributed by atoms with Gasteiger partial charge in [0.25, 0.3) is 5.91 Å². The second-order valence-corrected chi connectivity index (χ2v) is 10.1. The minimum absolute atomic E-state index is 0.0552. The number of hydrogen-bond donors (Lipinski definition) is 3. The highest BCUT2D eigenvalue weighted by Crippen LogP contribution is 2.50. The molecule has 1 saturated heterocycles. The van der Waals surface area contributed by atoms with Gasteiger partial charge in [0.2, 0.25) is 5.60 Å². The number of allylic oxidation sites excluding steroid dienone is 1. The van der Waals surface area contributed by atoms with Crippen LogP contribution in [0.4, 0.5) is 0 Å². The van der Waals surface area contributed by atoms with Crippen LogP contribution < -0.4 is 5.32 Å². The summed E-state index contributed by atoms with van der Waals surface area (Å²) in [6, 6.07) is 9.62. The summed E-state index contributed by atoms with van der Waals surface area (Å²) in [5.41, 5.74) is 1.19. The summed E-state index contributed by atoms with van der Waals surface area (Å²) < 4.78 is 6.05. The largest absolute Gasteiger partial charge is 0.444 e.